The molecule has 0 heterocycles. The van der Waals surface area contributed by atoms with Gasteiger partial charge in [-0.25, -0.2) is 8.42 Å². The molecule has 0 spiro atoms. The highest BCUT2D eigenvalue weighted by Crippen LogP contribution is 2.36. The third-order valence-corrected chi connectivity index (χ3v) is 8.44. The summed E-state index contributed by atoms with van der Waals surface area (Å²) in [4.78, 5) is 28.3. The predicted molar refractivity (Wildman–Crippen MR) is 155 cm³/mol. The third kappa shape index (κ3) is 6.93. The molecule has 0 saturated carbocycles. The first-order valence-corrected chi connectivity index (χ1v) is 14.4. The minimum atomic E-state index is -4.24. The first kappa shape index (κ1) is 30.5. The lowest BCUT2D eigenvalue weighted by molar-refractivity contribution is -0.139. The molecule has 3 aromatic carbocycles. The number of carbonyl (C=O) groups is 2. The van der Waals surface area contributed by atoms with Crippen LogP contribution in [-0.2, 0) is 26.2 Å². The van der Waals surface area contributed by atoms with Crippen LogP contribution in [0.25, 0.3) is 0 Å². The van der Waals surface area contributed by atoms with Crippen LogP contribution in [0.1, 0.15) is 30.5 Å². The summed E-state index contributed by atoms with van der Waals surface area (Å²) >= 11 is 0. The molecular formula is C30H37N3O6S. The van der Waals surface area contributed by atoms with Crippen molar-refractivity contribution in [2.24, 2.45) is 0 Å². The smallest absolute Gasteiger partial charge is 0.264 e. The average molecular weight is 568 g/mol. The second kappa shape index (κ2) is 13.3. The Labute approximate surface area is 236 Å². The van der Waals surface area contributed by atoms with Gasteiger partial charge in [0.2, 0.25) is 11.8 Å². The molecule has 0 fully saturated rings. The number of benzene rings is 3. The number of nitrogens with zero attached hydrogens (tertiary/aromatic N) is 2. The lowest BCUT2D eigenvalue weighted by Gasteiger charge is -2.32. The van der Waals surface area contributed by atoms with Gasteiger partial charge in [-0.1, -0.05) is 42.0 Å². The fourth-order valence-corrected chi connectivity index (χ4v) is 5.63. The molecule has 0 bridgehead atoms. The summed E-state index contributed by atoms with van der Waals surface area (Å²) in [5, 5.41) is 2.76. The van der Waals surface area contributed by atoms with Gasteiger partial charge < -0.3 is 19.7 Å². The molecule has 3 aromatic rings. The van der Waals surface area contributed by atoms with Crippen molar-refractivity contribution in [3.63, 3.8) is 0 Å². The van der Waals surface area contributed by atoms with Crippen LogP contribution >= 0.6 is 0 Å². The van der Waals surface area contributed by atoms with Crippen LogP contribution in [0.2, 0.25) is 0 Å². The second-order valence-corrected chi connectivity index (χ2v) is 11.2. The molecule has 2 amide bonds. The molecule has 0 aliphatic rings. The molecule has 0 radical (unpaired) electrons. The maximum atomic E-state index is 14.1. The summed E-state index contributed by atoms with van der Waals surface area (Å²) in [7, 11) is -1.36. The number of aryl methyl sites for hydroxylation is 2. The van der Waals surface area contributed by atoms with E-state index in [4.69, 9.17) is 9.47 Å². The van der Waals surface area contributed by atoms with Crippen molar-refractivity contribution in [2.45, 2.75) is 45.2 Å². The highest BCUT2D eigenvalue weighted by Gasteiger charge is 2.34. The van der Waals surface area contributed by atoms with E-state index in [1.54, 1.807) is 38.1 Å². The number of anilines is 1. The van der Waals surface area contributed by atoms with Crippen molar-refractivity contribution in [1.29, 1.82) is 0 Å². The number of nitrogens with one attached hydrogen (secondary N) is 1. The maximum absolute atomic E-state index is 14.1. The molecule has 0 aromatic heterocycles. The lowest BCUT2D eigenvalue weighted by Crippen LogP contribution is -2.51. The van der Waals surface area contributed by atoms with Gasteiger partial charge >= 0.3 is 0 Å². The van der Waals surface area contributed by atoms with Crippen LogP contribution in [0.15, 0.2) is 71.6 Å². The molecule has 0 unspecified atom stereocenters. The SMILES string of the molecule is CCNC(=O)[C@@H](C)N(Cc1ccccc1C)C(=O)CN(c1cc(OC)ccc1OC)S(=O)(=O)c1ccc(C)cc1. The molecule has 0 aliphatic heterocycles. The van der Waals surface area contributed by atoms with E-state index in [2.05, 4.69) is 5.32 Å². The van der Waals surface area contributed by atoms with Crippen molar-refractivity contribution in [1.82, 2.24) is 10.2 Å². The van der Waals surface area contributed by atoms with E-state index in [1.807, 2.05) is 38.1 Å². The Bertz CT molecular complexity index is 1440. The Balaban J connectivity index is 2.13. The first-order valence-electron chi connectivity index (χ1n) is 13.0. The highest BCUT2D eigenvalue weighted by molar-refractivity contribution is 7.92. The number of hydrogen-bond donors (Lipinski definition) is 1. The van der Waals surface area contributed by atoms with E-state index < -0.39 is 28.5 Å². The van der Waals surface area contributed by atoms with Crippen LogP contribution in [0.5, 0.6) is 11.5 Å². The van der Waals surface area contributed by atoms with E-state index in [0.717, 1.165) is 21.0 Å². The zero-order valence-electron chi connectivity index (χ0n) is 23.8. The van der Waals surface area contributed by atoms with Gasteiger partial charge in [0.25, 0.3) is 10.0 Å². The summed E-state index contributed by atoms with van der Waals surface area (Å²) in [5.41, 5.74) is 2.82. The summed E-state index contributed by atoms with van der Waals surface area (Å²) in [5.74, 6) is -0.259. The van der Waals surface area contributed by atoms with Crippen molar-refractivity contribution in [2.75, 3.05) is 31.6 Å². The van der Waals surface area contributed by atoms with Gasteiger partial charge in [0.15, 0.2) is 0 Å². The number of sulfonamides is 1. The molecule has 0 saturated heterocycles. The van der Waals surface area contributed by atoms with Crippen LogP contribution in [-0.4, -0.2) is 58.5 Å². The summed E-state index contributed by atoms with van der Waals surface area (Å²) in [6.07, 6.45) is 0. The number of amides is 2. The van der Waals surface area contributed by atoms with Gasteiger partial charge in [-0.05, 0) is 63.1 Å². The molecule has 3 rings (SSSR count). The molecule has 9 nitrogen and oxygen atoms in total. The quantitative estimate of drug-likeness (QED) is 0.354. The first-order chi connectivity index (χ1) is 19.0. The molecule has 40 heavy (non-hydrogen) atoms. The monoisotopic (exact) mass is 567 g/mol. The Morgan fingerprint density at radius 1 is 0.950 bits per heavy atom. The zero-order valence-corrected chi connectivity index (χ0v) is 24.6. The van der Waals surface area contributed by atoms with Gasteiger partial charge in [0, 0.05) is 19.2 Å². The molecule has 1 N–H and O–H groups in total. The van der Waals surface area contributed by atoms with Crippen molar-refractivity contribution in [3.8, 4) is 11.5 Å². The highest BCUT2D eigenvalue weighted by atomic mass is 32.2. The normalized spacial score (nSPS) is 11.8. The topological polar surface area (TPSA) is 105 Å². The van der Waals surface area contributed by atoms with Gasteiger partial charge in [0.05, 0.1) is 24.8 Å². The van der Waals surface area contributed by atoms with E-state index in [1.165, 1.54) is 37.3 Å². The lowest BCUT2D eigenvalue weighted by atomic mass is 10.1. The van der Waals surface area contributed by atoms with Crippen molar-refractivity contribution < 1.29 is 27.5 Å². The zero-order chi connectivity index (χ0) is 29.4. The third-order valence-electron chi connectivity index (χ3n) is 6.66. The van der Waals surface area contributed by atoms with E-state index in [0.29, 0.717) is 12.3 Å². The number of likely N-dealkylation sites (N-methyl/N-ethyl adjacent to an activating group) is 1. The van der Waals surface area contributed by atoms with Gasteiger partial charge in [-0.2, -0.15) is 0 Å². The molecule has 214 valence electrons. The number of methoxy groups -OCH3 is 2. The standard InChI is InChI=1S/C30H37N3O6S/c1-7-31-30(35)23(4)32(19-24-11-9-8-10-22(24)3)29(34)20-33(27-18-25(38-5)14-17-28(27)39-6)40(36,37)26-15-12-21(2)13-16-26/h8-18,23H,7,19-20H2,1-6H3,(H,31,35)/t23-/m1/s1. The number of rotatable bonds is 12. The fourth-order valence-electron chi connectivity index (χ4n) is 4.22. The van der Waals surface area contributed by atoms with E-state index >= 15 is 0 Å². The Kier molecular flexibility index (Phi) is 10.2. The minimum absolute atomic E-state index is 0.0120. The van der Waals surface area contributed by atoms with Crippen LogP contribution < -0.4 is 19.1 Å². The maximum Gasteiger partial charge on any atom is 0.264 e. The van der Waals surface area contributed by atoms with Crippen LogP contribution in [0, 0.1) is 13.8 Å². The largest absolute Gasteiger partial charge is 0.497 e. The number of hydrogen-bond acceptors (Lipinski definition) is 6. The van der Waals surface area contributed by atoms with Crippen molar-refractivity contribution >= 4 is 27.5 Å². The van der Waals surface area contributed by atoms with Crippen molar-refractivity contribution in [3.05, 3.63) is 83.4 Å². The average Bonchev–Trinajstić information content (AvgIpc) is 2.94. The predicted octanol–water partition coefficient (Wildman–Crippen LogP) is 4.07. The Morgan fingerprint density at radius 3 is 2.23 bits per heavy atom. The minimum Gasteiger partial charge on any atom is -0.497 e. The molecule has 0 aliphatic carbocycles. The summed E-state index contributed by atoms with van der Waals surface area (Å²) < 4.78 is 40.0. The van der Waals surface area contributed by atoms with Crippen LogP contribution in [0.4, 0.5) is 5.69 Å². The molecule has 10 heteroatoms. The molecule has 1 atom stereocenters. The number of ether oxygens (including phenoxy) is 2. The summed E-state index contributed by atoms with van der Waals surface area (Å²) in [6, 6.07) is 17.8. The Hall–Kier alpha value is -4.05. The number of carbonyl (C=O) groups excluding carboxylic acids is 2. The van der Waals surface area contributed by atoms with Crippen LogP contribution in [0.3, 0.4) is 0 Å². The second-order valence-electron chi connectivity index (χ2n) is 9.38. The van der Waals surface area contributed by atoms with Gasteiger partial charge in [0.1, 0.15) is 24.1 Å². The Morgan fingerprint density at radius 2 is 1.62 bits per heavy atom. The fraction of sp³-hybridized carbons (Fsp3) is 0.333. The van der Waals surface area contributed by atoms with E-state index in [-0.39, 0.29) is 28.8 Å². The summed E-state index contributed by atoms with van der Waals surface area (Å²) in [6.45, 7) is 7.14. The van der Waals surface area contributed by atoms with Gasteiger partial charge in [-0.3, -0.25) is 13.9 Å². The molecular weight excluding hydrogens is 530 g/mol. The van der Waals surface area contributed by atoms with E-state index in [9.17, 15) is 18.0 Å². The van der Waals surface area contributed by atoms with Gasteiger partial charge in [-0.15, -0.1) is 0 Å².